The second-order valence-electron chi connectivity index (χ2n) is 2.83. The molecule has 0 aliphatic carbocycles. The van der Waals surface area contributed by atoms with Gasteiger partial charge in [0.1, 0.15) is 5.75 Å². The fourth-order valence-corrected chi connectivity index (χ4v) is 1.20. The Balaban J connectivity index is 2.58. The van der Waals surface area contributed by atoms with Crippen LogP contribution in [-0.2, 0) is 0 Å². The van der Waals surface area contributed by atoms with Gasteiger partial charge in [0.15, 0.2) is 0 Å². The summed E-state index contributed by atoms with van der Waals surface area (Å²) in [6, 6.07) is 7.87. The molecule has 0 fully saturated rings. The summed E-state index contributed by atoms with van der Waals surface area (Å²) in [5.74, 6) is 0.887. The topological polar surface area (TPSA) is 21.3 Å². The third-order valence-corrected chi connectivity index (χ3v) is 1.91. The molecule has 0 amide bonds. The minimum Gasteiger partial charge on any atom is -0.494 e. The van der Waals surface area contributed by atoms with Gasteiger partial charge < -0.3 is 10.1 Å². The van der Waals surface area contributed by atoms with Crippen LogP contribution in [0.3, 0.4) is 0 Å². The van der Waals surface area contributed by atoms with E-state index in [1.54, 1.807) is 0 Å². The normalized spacial score (nSPS) is 9.57. The molecule has 0 saturated heterocycles. The molecule has 0 heterocycles. The maximum atomic E-state index is 5.38. The Labute approximate surface area is 93.1 Å². The van der Waals surface area contributed by atoms with Gasteiger partial charge in [-0.3, -0.25) is 0 Å². The minimum absolute atomic E-state index is 0.689. The van der Waals surface area contributed by atoms with E-state index in [-0.39, 0.29) is 0 Å². The van der Waals surface area contributed by atoms with E-state index >= 15 is 0 Å². The standard InChI is InChI=1S/C11H14BrNO/c1-3-14-11-6-4-5-10(7-11)13-8-9(2)12/h4-7,13H,2-3,8H2,1H3. The Morgan fingerprint density at radius 3 is 3.00 bits per heavy atom. The third kappa shape index (κ3) is 3.83. The Morgan fingerprint density at radius 1 is 1.57 bits per heavy atom. The highest BCUT2D eigenvalue weighted by atomic mass is 79.9. The fourth-order valence-electron chi connectivity index (χ4n) is 1.06. The highest BCUT2D eigenvalue weighted by Crippen LogP contribution is 2.17. The Hall–Kier alpha value is -0.960. The number of hydrogen-bond donors (Lipinski definition) is 1. The van der Waals surface area contributed by atoms with E-state index in [1.807, 2.05) is 31.2 Å². The van der Waals surface area contributed by atoms with Crippen LogP contribution in [0, 0.1) is 0 Å². The van der Waals surface area contributed by atoms with E-state index in [0.717, 1.165) is 22.5 Å². The third-order valence-electron chi connectivity index (χ3n) is 1.63. The van der Waals surface area contributed by atoms with Gasteiger partial charge >= 0.3 is 0 Å². The van der Waals surface area contributed by atoms with E-state index in [2.05, 4.69) is 27.8 Å². The number of ether oxygens (including phenoxy) is 1. The van der Waals surface area contributed by atoms with Crippen LogP contribution in [0.1, 0.15) is 6.92 Å². The molecule has 0 saturated carbocycles. The van der Waals surface area contributed by atoms with Crippen molar-refractivity contribution >= 4 is 21.6 Å². The van der Waals surface area contributed by atoms with Gasteiger partial charge in [0, 0.05) is 22.8 Å². The first-order chi connectivity index (χ1) is 6.72. The van der Waals surface area contributed by atoms with Crippen LogP contribution < -0.4 is 10.1 Å². The van der Waals surface area contributed by atoms with Crippen LogP contribution in [-0.4, -0.2) is 13.2 Å². The average Bonchev–Trinajstić information content (AvgIpc) is 2.16. The largest absolute Gasteiger partial charge is 0.494 e. The zero-order valence-electron chi connectivity index (χ0n) is 8.22. The quantitative estimate of drug-likeness (QED) is 0.871. The molecule has 14 heavy (non-hydrogen) atoms. The molecule has 0 aromatic heterocycles. The molecular formula is C11H14BrNO. The first kappa shape index (κ1) is 11.1. The molecule has 0 atom stereocenters. The molecule has 0 aliphatic rings. The average molecular weight is 256 g/mol. The molecular weight excluding hydrogens is 242 g/mol. The molecule has 3 heteroatoms. The monoisotopic (exact) mass is 255 g/mol. The zero-order chi connectivity index (χ0) is 10.4. The molecule has 0 bridgehead atoms. The molecule has 1 aromatic carbocycles. The van der Waals surface area contributed by atoms with Gasteiger partial charge in [-0.1, -0.05) is 28.6 Å². The Morgan fingerprint density at radius 2 is 2.36 bits per heavy atom. The molecule has 2 nitrogen and oxygen atoms in total. The summed E-state index contributed by atoms with van der Waals surface area (Å²) in [5, 5.41) is 3.22. The summed E-state index contributed by atoms with van der Waals surface area (Å²) in [6.45, 7) is 7.13. The summed E-state index contributed by atoms with van der Waals surface area (Å²) in [7, 11) is 0. The smallest absolute Gasteiger partial charge is 0.121 e. The van der Waals surface area contributed by atoms with Crippen LogP contribution in [0.15, 0.2) is 35.3 Å². The molecule has 0 spiro atoms. The molecule has 76 valence electrons. The molecule has 0 radical (unpaired) electrons. The Kier molecular flexibility index (Phi) is 4.53. The van der Waals surface area contributed by atoms with Crippen molar-refractivity contribution in [2.45, 2.75) is 6.92 Å². The highest BCUT2D eigenvalue weighted by Gasteiger charge is 1.95. The van der Waals surface area contributed by atoms with Crippen LogP contribution in [0.25, 0.3) is 0 Å². The van der Waals surface area contributed by atoms with Crippen molar-refractivity contribution in [1.29, 1.82) is 0 Å². The summed E-state index contributed by atoms with van der Waals surface area (Å²) in [4.78, 5) is 0. The van der Waals surface area contributed by atoms with E-state index < -0.39 is 0 Å². The van der Waals surface area contributed by atoms with Gasteiger partial charge in [0.2, 0.25) is 0 Å². The number of anilines is 1. The van der Waals surface area contributed by atoms with Crippen molar-refractivity contribution in [3.63, 3.8) is 0 Å². The lowest BCUT2D eigenvalue weighted by molar-refractivity contribution is 0.340. The van der Waals surface area contributed by atoms with Crippen molar-refractivity contribution in [1.82, 2.24) is 0 Å². The van der Waals surface area contributed by atoms with Crippen molar-refractivity contribution in [3.05, 3.63) is 35.3 Å². The van der Waals surface area contributed by atoms with Gasteiger partial charge in [-0.25, -0.2) is 0 Å². The number of halogens is 1. The summed E-state index contributed by atoms with van der Waals surface area (Å²) in [5.41, 5.74) is 1.04. The SMILES string of the molecule is C=C(Br)CNc1cccc(OCC)c1. The number of nitrogens with one attached hydrogen (secondary N) is 1. The van der Waals surface area contributed by atoms with Crippen molar-refractivity contribution in [3.8, 4) is 5.75 Å². The second kappa shape index (κ2) is 5.70. The van der Waals surface area contributed by atoms with E-state index in [0.29, 0.717) is 6.61 Å². The lowest BCUT2D eigenvalue weighted by Gasteiger charge is -2.07. The van der Waals surface area contributed by atoms with Gasteiger partial charge in [-0.2, -0.15) is 0 Å². The van der Waals surface area contributed by atoms with Crippen molar-refractivity contribution in [2.24, 2.45) is 0 Å². The van der Waals surface area contributed by atoms with E-state index in [4.69, 9.17) is 4.74 Å². The lowest BCUT2D eigenvalue weighted by atomic mass is 10.3. The molecule has 0 unspecified atom stereocenters. The van der Waals surface area contributed by atoms with Gasteiger partial charge in [-0.05, 0) is 19.1 Å². The summed E-state index contributed by atoms with van der Waals surface area (Å²) >= 11 is 3.29. The van der Waals surface area contributed by atoms with Crippen LogP contribution in [0.2, 0.25) is 0 Å². The van der Waals surface area contributed by atoms with Crippen LogP contribution >= 0.6 is 15.9 Å². The van der Waals surface area contributed by atoms with Crippen LogP contribution in [0.5, 0.6) is 5.75 Å². The number of hydrogen-bond acceptors (Lipinski definition) is 2. The van der Waals surface area contributed by atoms with Crippen molar-refractivity contribution < 1.29 is 4.74 Å². The maximum Gasteiger partial charge on any atom is 0.121 e. The molecule has 1 rings (SSSR count). The van der Waals surface area contributed by atoms with Crippen molar-refractivity contribution in [2.75, 3.05) is 18.5 Å². The first-order valence-corrected chi connectivity index (χ1v) is 5.31. The van der Waals surface area contributed by atoms with E-state index in [1.165, 1.54) is 0 Å². The number of rotatable bonds is 5. The van der Waals surface area contributed by atoms with Gasteiger partial charge in [-0.15, -0.1) is 0 Å². The fraction of sp³-hybridized carbons (Fsp3) is 0.273. The predicted molar refractivity (Wildman–Crippen MR) is 64.2 cm³/mol. The predicted octanol–water partition coefficient (Wildman–Crippen LogP) is 3.41. The molecule has 1 aromatic rings. The summed E-state index contributed by atoms with van der Waals surface area (Å²) < 4.78 is 6.31. The van der Waals surface area contributed by atoms with Gasteiger partial charge in [0.05, 0.1) is 6.61 Å². The van der Waals surface area contributed by atoms with Crippen LogP contribution in [0.4, 0.5) is 5.69 Å². The molecule has 1 N–H and O–H groups in total. The molecule has 0 aliphatic heterocycles. The summed E-state index contributed by atoms with van der Waals surface area (Å²) in [6.07, 6.45) is 0. The Bertz CT molecular complexity index is 312. The highest BCUT2D eigenvalue weighted by molar-refractivity contribution is 9.11. The maximum absolute atomic E-state index is 5.38. The minimum atomic E-state index is 0.689. The second-order valence-corrected chi connectivity index (χ2v) is 3.95. The zero-order valence-corrected chi connectivity index (χ0v) is 9.80. The van der Waals surface area contributed by atoms with Gasteiger partial charge in [0.25, 0.3) is 0 Å². The number of benzene rings is 1. The first-order valence-electron chi connectivity index (χ1n) is 4.52. The van der Waals surface area contributed by atoms with E-state index in [9.17, 15) is 0 Å². The lowest BCUT2D eigenvalue weighted by Crippen LogP contribution is -2.00.